The van der Waals surface area contributed by atoms with Crippen molar-refractivity contribution in [1.82, 2.24) is 20.2 Å². The lowest BCUT2D eigenvalue weighted by atomic mass is 10.2. The summed E-state index contributed by atoms with van der Waals surface area (Å²) in [5, 5.41) is 2.86. The molecule has 1 saturated heterocycles. The summed E-state index contributed by atoms with van der Waals surface area (Å²) >= 11 is 0. The summed E-state index contributed by atoms with van der Waals surface area (Å²) in [4.78, 5) is 36.3. The highest BCUT2D eigenvalue weighted by atomic mass is 16.6. The van der Waals surface area contributed by atoms with Crippen molar-refractivity contribution in [2.45, 2.75) is 13.5 Å². The van der Waals surface area contributed by atoms with Gasteiger partial charge in [-0.1, -0.05) is 12.1 Å². The monoisotopic (exact) mass is 399 g/mol. The average molecular weight is 399 g/mol. The van der Waals surface area contributed by atoms with Crippen molar-refractivity contribution in [3.05, 3.63) is 47.9 Å². The standard InChI is InChI=1S/C20H25N5O4/c1-3-29-20(27)25-10-8-24(9-11-25)18-12-17(22-14-23-18)19(26)21-13-15-4-6-16(28-2)7-5-15/h4-7,12,14H,3,8-11,13H2,1-2H3,(H,21,26). The highest BCUT2D eigenvalue weighted by molar-refractivity contribution is 5.92. The number of carbonyl (C=O) groups is 2. The van der Waals surface area contributed by atoms with Crippen LogP contribution in [0, 0.1) is 0 Å². The molecule has 1 aliphatic rings. The molecule has 2 amide bonds. The minimum atomic E-state index is -0.298. The number of carbonyl (C=O) groups excluding carboxylic acids is 2. The van der Waals surface area contributed by atoms with Gasteiger partial charge in [-0.15, -0.1) is 0 Å². The van der Waals surface area contributed by atoms with Crippen molar-refractivity contribution in [1.29, 1.82) is 0 Å². The number of ether oxygens (including phenoxy) is 2. The van der Waals surface area contributed by atoms with Crippen LogP contribution >= 0.6 is 0 Å². The van der Waals surface area contributed by atoms with Crippen molar-refractivity contribution < 1.29 is 19.1 Å². The highest BCUT2D eigenvalue weighted by Crippen LogP contribution is 2.15. The van der Waals surface area contributed by atoms with E-state index in [1.54, 1.807) is 25.0 Å². The minimum Gasteiger partial charge on any atom is -0.497 e. The Balaban J connectivity index is 1.56. The van der Waals surface area contributed by atoms with E-state index in [9.17, 15) is 9.59 Å². The first-order valence-corrected chi connectivity index (χ1v) is 9.50. The molecule has 0 saturated carbocycles. The second-order valence-electron chi connectivity index (χ2n) is 6.47. The summed E-state index contributed by atoms with van der Waals surface area (Å²) in [5.74, 6) is 1.16. The highest BCUT2D eigenvalue weighted by Gasteiger charge is 2.23. The van der Waals surface area contributed by atoms with E-state index in [2.05, 4.69) is 15.3 Å². The third-order valence-corrected chi connectivity index (χ3v) is 4.63. The van der Waals surface area contributed by atoms with Crippen molar-refractivity contribution in [3.8, 4) is 5.75 Å². The molecule has 1 N–H and O–H groups in total. The predicted octanol–water partition coefficient (Wildman–Crippen LogP) is 1.69. The van der Waals surface area contributed by atoms with E-state index in [-0.39, 0.29) is 12.0 Å². The summed E-state index contributed by atoms with van der Waals surface area (Å²) in [5.41, 5.74) is 1.26. The molecule has 1 aromatic carbocycles. The molecule has 2 heterocycles. The number of benzene rings is 1. The van der Waals surface area contributed by atoms with Gasteiger partial charge in [0.2, 0.25) is 0 Å². The van der Waals surface area contributed by atoms with E-state index in [0.29, 0.717) is 50.8 Å². The van der Waals surface area contributed by atoms with Gasteiger partial charge in [-0.2, -0.15) is 0 Å². The Kier molecular flexibility index (Phi) is 6.83. The quantitative estimate of drug-likeness (QED) is 0.789. The number of methoxy groups -OCH3 is 1. The van der Waals surface area contributed by atoms with Crippen LogP contribution in [0.5, 0.6) is 5.75 Å². The summed E-state index contributed by atoms with van der Waals surface area (Å²) in [6.07, 6.45) is 1.09. The number of anilines is 1. The van der Waals surface area contributed by atoms with Gasteiger partial charge in [-0.3, -0.25) is 4.79 Å². The molecule has 154 valence electrons. The van der Waals surface area contributed by atoms with Gasteiger partial charge in [0, 0.05) is 38.8 Å². The van der Waals surface area contributed by atoms with E-state index >= 15 is 0 Å². The Hall–Kier alpha value is -3.36. The molecular formula is C20H25N5O4. The van der Waals surface area contributed by atoms with Gasteiger partial charge in [0.1, 0.15) is 23.6 Å². The van der Waals surface area contributed by atoms with E-state index in [1.807, 2.05) is 29.2 Å². The lowest BCUT2D eigenvalue weighted by Gasteiger charge is -2.34. The summed E-state index contributed by atoms with van der Waals surface area (Å²) in [6.45, 7) is 4.85. The van der Waals surface area contributed by atoms with Gasteiger partial charge in [-0.25, -0.2) is 14.8 Å². The molecule has 2 aromatic rings. The van der Waals surface area contributed by atoms with Gasteiger partial charge in [0.25, 0.3) is 5.91 Å². The maximum absolute atomic E-state index is 12.5. The largest absolute Gasteiger partial charge is 0.497 e. The number of rotatable bonds is 6. The Bertz CT molecular complexity index is 835. The van der Waals surface area contributed by atoms with Crippen molar-refractivity contribution >= 4 is 17.8 Å². The Labute approximate surface area is 169 Å². The molecule has 3 rings (SSSR count). The first-order valence-electron chi connectivity index (χ1n) is 9.50. The lowest BCUT2D eigenvalue weighted by Crippen LogP contribution is -2.49. The van der Waals surface area contributed by atoms with Gasteiger partial charge >= 0.3 is 6.09 Å². The van der Waals surface area contributed by atoms with E-state index < -0.39 is 0 Å². The van der Waals surface area contributed by atoms with Crippen LogP contribution in [0.3, 0.4) is 0 Å². The van der Waals surface area contributed by atoms with Crippen LogP contribution in [-0.2, 0) is 11.3 Å². The number of aromatic nitrogens is 2. The van der Waals surface area contributed by atoms with Crippen LogP contribution in [-0.4, -0.2) is 66.8 Å². The molecule has 1 fully saturated rings. The minimum absolute atomic E-state index is 0.269. The summed E-state index contributed by atoms with van der Waals surface area (Å²) in [7, 11) is 1.61. The van der Waals surface area contributed by atoms with Crippen LogP contribution in [0.4, 0.5) is 10.6 Å². The zero-order valence-corrected chi connectivity index (χ0v) is 16.6. The fourth-order valence-corrected chi connectivity index (χ4v) is 2.99. The summed E-state index contributed by atoms with van der Waals surface area (Å²) < 4.78 is 10.2. The van der Waals surface area contributed by atoms with Crippen molar-refractivity contribution in [2.75, 3.05) is 44.8 Å². The molecule has 29 heavy (non-hydrogen) atoms. The number of amides is 2. The number of hydrogen-bond acceptors (Lipinski definition) is 7. The van der Waals surface area contributed by atoms with E-state index in [0.717, 1.165) is 11.3 Å². The molecule has 0 unspecified atom stereocenters. The number of hydrogen-bond donors (Lipinski definition) is 1. The van der Waals surface area contributed by atoms with E-state index in [4.69, 9.17) is 9.47 Å². The Morgan fingerprint density at radius 3 is 2.48 bits per heavy atom. The first kappa shape index (κ1) is 20.4. The zero-order valence-electron chi connectivity index (χ0n) is 16.6. The van der Waals surface area contributed by atoms with Crippen LogP contribution in [0.2, 0.25) is 0 Å². The maximum atomic E-state index is 12.5. The SMILES string of the molecule is CCOC(=O)N1CCN(c2cc(C(=O)NCc3ccc(OC)cc3)ncn2)CC1. The molecule has 0 atom stereocenters. The van der Waals surface area contributed by atoms with Crippen LogP contribution < -0.4 is 15.0 Å². The average Bonchev–Trinajstić information content (AvgIpc) is 2.78. The fourth-order valence-electron chi connectivity index (χ4n) is 2.99. The zero-order chi connectivity index (χ0) is 20.6. The fraction of sp³-hybridized carbons (Fsp3) is 0.400. The van der Waals surface area contributed by atoms with Crippen molar-refractivity contribution in [2.24, 2.45) is 0 Å². The molecule has 0 aliphatic carbocycles. The van der Waals surface area contributed by atoms with Gasteiger partial charge in [0.05, 0.1) is 13.7 Å². The number of nitrogens with zero attached hydrogens (tertiary/aromatic N) is 4. The van der Waals surface area contributed by atoms with Crippen LogP contribution in [0.15, 0.2) is 36.7 Å². The van der Waals surface area contributed by atoms with E-state index in [1.165, 1.54) is 6.33 Å². The first-order chi connectivity index (χ1) is 14.1. The second kappa shape index (κ2) is 9.72. The third-order valence-electron chi connectivity index (χ3n) is 4.63. The molecule has 9 nitrogen and oxygen atoms in total. The Morgan fingerprint density at radius 2 is 1.83 bits per heavy atom. The molecule has 1 aromatic heterocycles. The maximum Gasteiger partial charge on any atom is 0.409 e. The molecule has 9 heteroatoms. The number of piperazine rings is 1. The van der Waals surface area contributed by atoms with Crippen LogP contribution in [0.1, 0.15) is 23.0 Å². The lowest BCUT2D eigenvalue weighted by molar-refractivity contribution is 0.0945. The Morgan fingerprint density at radius 1 is 1.10 bits per heavy atom. The molecule has 0 radical (unpaired) electrons. The third kappa shape index (κ3) is 5.34. The topological polar surface area (TPSA) is 96.9 Å². The smallest absolute Gasteiger partial charge is 0.409 e. The number of nitrogens with one attached hydrogen (secondary N) is 1. The van der Waals surface area contributed by atoms with Gasteiger partial charge < -0.3 is 24.6 Å². The normalized spacial score (nSPS) is 13.7. The predicted molar refractivity (Wildman–Crippen MR) is 107 cm³/mol. The van der Waals surface area contributed by atoms with Gasteiger partial charge in [-0.05, 0) is 24.6 Å². The molecular weight excluding hydrogens is 374 g/mol. The van der Waals surface area contributed by atoms with Crippen LogP contribution in [0.25, 0.3) is 0 Å². The molecule has 0 bridgehead atoms. The van der Waals surface area contributed by atoms with Gasteiger partial charge in [0.15, 0.2) is 0 Å². The molecule has 1 aliphatic heterocycles. The second-order valence-corrected chi connectivity index (χ2v) is 6.47. The summed E-state index contributed by atoms with van der Waals surface area (Å²) in [6, 6.07) is 9.16. The van der Waals surface area contributed by atoms with Crippen molar-refractivity contribution in [3.63, 3.8) is 0 Å². The molecule has 0 spiro atoms.